The van der Waals surface area contributed by atoms with Crippen molar-refractivity contribution in [1.82, 2.24) is 15.1 Å². The maximum Gasteiger partial charge on any atom is 0.193 e. The first-order valence-corrected chi connectivity index (χ1v) is 11.8. The number of ether oxygens (including phenoxy) is 1. The quantitative estimate of drug-likeness (QED) is 0.538. The second-order valence-corrected chi connectivity index (χ2v) is 8.84. The van der Waals surface area contributed by atoms with Gasteiger partial charge in [0.25, 0.3) is 0 Å². The van der Waals surface area contributed by atoms with Crippen molar-refractivity contribution in [1.29, 1.82) is 0 Å². The monoisotopic (exact) mass is 436 g/mol. The maximum atomic E-state index is 9.67. The first-order valence-electron chi connectivity index (χ1n) is 11.8. The minimum absolute atomic E-state index is 0.115. The van der Waals surface area contributed by atoms with E-state index < -0.39 is 0 Å². The molecular weight excluding hydrogens is 400 g/mol. The minimum Gasteiger partial charge on any atom is -0.490 e. The molecule has 4 rings (SSSR count). The molecular formula is C26H36N4O2. The Hall–Kier alpha value is -2.57. The number of guanidine groups is 1. The van der Waals surface area contributed by atoms with Gasteiger partial charge in [-0.15, -0.1) is 0 Å². The number of rotatable bonds is 6. The number of nitrogens with zero attached hydrogens (tertiary/aromatic N) is 3. The third-order valence-corrected chi connectivity index (χ3v) is 6.44. The molecule has 0 atom stereocenters. The van der Waals surface area contributed by atoms with Crippen molar-refractivity contribution in [3.8, 4) is 5.75 Å². The number of aliphatic hydroxyl groups excluding tert-OH is 1. The van der Waals surface area contributed by atoms with Crippen molar-refractivity contribution in [2.24, 2.45) is 4.99 Å². The molecule has 2 heterocycles. The second-order valence-electron chi connectivity index (χ2n) is 8.84. The molecule has 2 N–H and O–H groups in total. The predicted octanol–water partition coefficient (Wildman–Crippen LogP) is 3.26. The molecule has 6 heteroatoms. The zero-order chi connectivity index (χ0) is 22.2. The van der Waals surface area contributed by atoms with Crippen molar-refractivity contribution < 1.29 is 9.84 Å². The van der Waals surface area contributed by atoms with Crippen LogP contribution in [0.3, 0.4) is 0 Å². The molecule has 2 aliphatic rings. The molecule has 2 aromatic carbocycles. The standard InChI is InChI=1S/C26H36N4O2/c1-27-26(30-17-13-25(14-18-30)32-24-5-3-2-4-6-24)28-19-21-7-9-22(10-8-21)20-29-15-11-23(31)12-16-29/h2-10,23,25,31H,11-20H2,1H3,(H,27,28). The third-order valence-electron chi connectivity index (χ3n) is 6.44. The van der Waals surface area contributed by atoms with E-state index in [-0.39, 0.29) is 12.2 Å². The Bertz CT molecular complexity index is 840. The van der Waals surface area contributed by atoms with Crippen LogP contribution >= 0.6 is 0 Å². The van der Waals surface area contributed by atoms with E-state index in [1.165, 1.54) is 11.1 Å². The van der Waals surface area contributed by atoms with Gasteiger partial charge in [0.1, 0.15) is 11.9 Å². The van der Waals surface area contributed by atoms with Crippen LogP contribution in [0, 0.1) is 0 Å². The van der Waals surface area contributed by atoms with Gasteiger partial charge in [-0.25, -0.2) is 0 Å². The average Bonchev–Trinajstić information content (AvgIpc) is 2.84. The van der Waals surface area contributed by atoms with Gasteiger partial charge in [0.05, 0.1) is 6.10 Å². The van der Waals surface area contributed by atoms with E-state index in [9.17, 15) is 5.11 Å². The largest absolute Gasteiger partial charge is 0.490 e. The van der Waals surface area contributed by atoms with Crippen molar-refractivity contribution in [3.63, 3.8) is 0 Å². The highest BCUT2D eigenvalue weighted by molar-refractivity contribution is 5.80. The summed E-state index contributed by atoms with van der Waals surface area (Å²) in [4.78, 5) is 9.25. The van der Waals surface area contributed by atoms with Crippen LogP contribution in [0.25, 0.3) is 0 Å². The fourth-order valence-corrected chi connectivity index (χ4v) is 4.49. The van der Waals surface area contributed by atoms with E-state index >= 15 is 0 Å². The number of piperidine rings is 2. The minimum atomic E-state index is -0.115. The topological polar surface area (TPSA) is 60.3 Å². The van der Waals surface area contributed by atoms with E-state index in [1.807, 2.05) is 37.4 Å². The summed E-state index contributed by atoms with van der Waals surface area (Å²) in [6.45, 7) is 5.58. The summed E-state index contributed by atoms with van der Waals surface area (Å²) < 4.78 is 6.11. The zero-order valence-corrected chi connectivity index (χ0v) is 19.1. The van der Waals surface area contributed by atoms with Gasteiger partial charge in [0.2, 0.25) is 0 Å². The number of para-hydroxylation sites is 1. The summed E-state index contributed by atoms with van der Waals surface area (Å²) in [7, 11) is 1.85. The van der Waals surface area contributed by atoms with Gasteiger partial charge >= 0.3 is 0 Å². The number of nitrogens with one attached hydrogen (secondary N) is 1. The van der Waals surface area contributed by atoms with Crippen LogP contribution in [0.4, 0.5) is 0 Å². The van der Waals surface area contributed by atoms with Crippen molar-refractivity contribution in [2.75, 3.05) is 33.2 Å². The molecule has 6 nitrogen and oxygen atoms in total. The molecule has 2 aliphatic heterocycles. The highest BCUT2D eigenvalue weighted by Crippen LogP contribution is 2.19. The SMILES string of the molecule is CN=C(NCc1ccc(CN2CCC(O)CC2)cc1)N1CCC(Oc2ccccc2)CC1. The molecule has 0 radical (unpaired) electrons. The lowest BCUT2D eigenvalue weighted by Gasteiger charge is -2.34. The van der Waals surface area contributed by atoms with Crippen molar-refractivity contribution >= 4 is 5.96 Å². The smallest absolute Gasteiger partial charge is 0.193 e. The molecule has 0 aromatic heterocycles. The molecule has 2 fully saturated rings. The molecule has 172 valence electrons. The maximum absolute atomic E-state index is 9.67. The molecule has 2 saturated heterocycles. The number of hydrogen-bond acceptors (Lipinski definition) is 4. The Morgan fingerprint density at radius 1 is 0.938 bits per heavy atom. The van der Waals surface area contributed by atoms with Gasteiger partial charge in [-0.1, -0.05) is 42.5 Å². The number of benzene rings is 2. The normalized spacial score (nSPS) is 19.2. The highest BCUT2D eigenvalue weighted by atomic mass is 16.5. The van der Waals surface area contributed by atoms with Gasteiger partial charge in [-0.05, 0) is 36.1 Å². The molecule has 2 aromatic rings. The van der Waals surface area contributed by atoms with Crippen LogP contribution in [0.15, 0.2) is 59.6 Å². The Morgan fingerprint density at radius 2 is 1.59 bits per heavy atom. The van der Waals surface area contributed by atoms with Crippen molar-refractivity contribution in [3.05, 3.63) is 65.7 Å². The van der Waals surface area contributed by atoms with Crippen LogP contribution in [0.2, 0.25) is 0 Å². The molecule has 0 spiro atoms. The van der Waals surface area contributed by atoms with Gasteiger partial charge in [0, 0.05) is 59.2 Å². The summed E-state index contributed by atoms with van der Waals surface area (Å²) in [5.74, 6) is 1.91. The predicted molar refractivity (Wildman–Crippen MR) is 129 cm³/mol. The van der Waals surface area contributed by atoms with E-state index in [2.05, 4.69) is 44.4 Å². The zero-order valence-electron chi connectivity index (χ0n) is 19.1. The molecule has 0 amide bonds. The molecule has 0 aliphatic carbocycles. The lowest BCUT2D eigenvalue weighted by Crippen LogP contribution is -2.47. The van der Waals surface area contributed by atoms with E-state index in [1.54, 1.807) is 0 Å². The lowest BCUT2D eigenvalue weighted by molar-refractivity contribution is 0.0792. The molecule has 32 heavy (non-hydrogen) atoms. The van der Waals surface area contributed by atoms with Gasteiger partial charge in [-0.2, -0.15) is 0 Å². The first-order chi connectivity index (χ1) is 15.7. The third kappa shape index (κ3) is 6.47. The molecule has 0 saturated carbocycles. The summed E-state index contributed by atoms with van der Waals surface area (Å²) >= 11 is 0. The average molecular weight is 437 g/mol. The molecule has 0 bridgehead atoms. The fraction of sp³-hybridized carbons (Fsp3) is 0.500. The summed E-state index contributed by atoms with van der Waals surface area (Å²) in [6.07, 6.45) is 3.92. The Kier molecular flexibility index (Phi) is 8.02. The Labute approximate surface area is 191 Å². The fourth-order valence-electron chi connectivity index (χ4n) is 4.49. The van der Waals surface area contributed by atoms with Crippen LogP contribution in [-0.2, 0) is 13.1 Å². The number of hydrogen-bond donors (Lipinski definition) is 2. The van der Waals surface area contributed by atoms with Crippen LogP contribution in [-0.4, -0.2) is 66.3 Å². The van der Waals surface area contributed by atoms with Crippen LogP contribution in [0.5, 0.6) is 5.75 Å². The Balaban J connectivity index is 1.21. The van der Waals surface area contributed by atoms with E-state index in [4.69, 9.17) is 4.74 Å². The van der Waals surface area contributed by atoms with E-state index in [0.29, 0.717) is 0 Å². The number of likely N-dealkylation sites (tertiary alicyclic amines) is 2. The van der Waals surface area contributed by atoms with Gasteiger partial charge < -0.3 is 20.1 Å². The van der Waals surface area contributed by atoms with Gasteiger partial charge in [-0.3, -0.25) is 9.89 Å². The van der Waals surface area contributed by atoms with Crippen molar-refractivity contribution in [2.45, 2.75) is 51.0 Å². The van der Waals surface area contributed by atoms with Gasteiger partial charge in [0.15, 0.2) is 5.96 Å². The summed E-state index contributed by atoms with van der Waals surface area (Å²) in [5, 5.41) is 13.2. The number of aliphatic imine (C=N–C) groups is 1. The highest BCUT2D eigenvalue weighted by Gasteiger charge is 2.22. The summed E-state index contributed by atoms with van der Waals surface area (Å²) in [5.41, 5.74) is 2.58. The van der Waals surface area contributed by atoms with Crippen LogP contribution in [0.1, 0.15) is 36.8 Å². The number of aliphatic hydroxyl groups is 1. The summed E-state index contributed by atoms with van der Waals surface area (Å²) in [6, 6.07) is 18.9. The lowest BCUT2D eigenvalue weighted by atomic mass is 10.1. The first kappa shape index (κ1) is 22.6. The molecule has 0 unspecified atom stereocenters. The second kappa shape index (κ2) is 11.3. The van der Waals surface area contributed by atoms with E-state index in [0.717, 1.165) is 76.7 Å². The Morgan fingerprint density at radius 3 is 2.25 bits per heavy atom. The van der Waals surface area contributed by atoms with Crippen LogP contribution < -0.4 is 10.1 Å².